The second-order valence-electron chi connectivity index (χ2n) is 4.54. The summed E-state index contributed by atoms with van der Waals surface area (Å²) >= 11 is 6.20. The number of aryl methyl sites for hydroxylation is 1. The van der Waals surface area contributed by atoms with E-state index in [1.807, 2.05) is 6.07 Å². The standard InChI is InChI=1S/C14H20ClNO2/c1-4-5-6-7-11-8-9-16-13(12(11)15)14(17)18-10(2)3/h8-10H,4-7H2,1-3H3. The number of rotatable bonds is 6. The third kappa shape index (κ3) is 4.30. The van der Waals surface area contributed by atoms with Crippen LogP contribution in [0, 0.1) is 0 Å². The van der Waals surface area contributed by atoms with Gasteiger partial charge in [0, 0.05) is 6.20 Å². The van der Waals surface area contributed by atoms with Crippen LogP contribution in [-0.2, 0) is 11.2 Å². The fourth-order valence-corrected chi connectivity index (χ4v) is 1.94. The Bertz CT molecular complexity index is 405. The molecule has 0 saturated carbocycles. The molecule has 1 aromatic rings. The van der Waals surface area contributed by atoms with Crippen LogP contribution in [-0.4, -0.2) is 17.1 Å². The molecule has 0 amide bonds. The van der Waals surface area contributed by atoms with E-state index in [1.165, 1.54) is 0 Å². The number of aromatic nitrogens is 1. The zero-order valence-corrected chi connectivity index (χ0v) is 12.0. The van der Waals surface area contributed by atoms with Gasteiger partial charge in [-0.15, -0.1) is 0 Å². The summed E-state index contributed by atoms with van der Waals surface area (Å²) in [5.74, 6) is -0.452. The normalized spacial score (nSPS) is 10.7. The average molecular weight is 270 g/mol. The Balaban J connectivity index is 2.81. The summed E-state index contributed by atoms with van der Waals surface area (Å²) in [6.07, 6.45) is 5.70. The van der Waals surface area contributed by atoms with Gasteiger partial charge in [0.1, 0.15) is 0 Å². The van der Waals surface area contributed by atoms with Gasteiger partial charge in [-0.05, 0) is 38.3 Å². The number of ether oxygens (including phenoxy) is 1. The van der Waals surface area contributed by atoms with Crippen LogP contribution in [0.15, 0.2) is 12.3 Å². The molecule has 100 valence electrons. The molecule has 0 aliphatic heterocycles. The van der Waals surface area contributed by atoms with Crippen molar-refractivity contribution in [3.8, 4) is 0 Å². The van der Waals surface area contributed by atoms with Gasteiger partial charge in [0.15, 0.2) is 5.69 Å². The second-order valence-corrected chi connectivity index (χ2v) is 4.92. The number of unbranched alkanes of at least 4 members (excludes halogenated alkanes) is 2. The lowest BCUT2D eigenvalue weighted by Crippen LogP contribution is -2.14. The van der Waals surface area contributed by atoms with Gasteiger partial charge in [-0.25, -0.2) is 9.78 Å². The SMILES string of the molecule is CCCCCc1ccnc(C(=O)OC(C)C)c1Cl. The topological polar surface area (TPSA) is 39.2 Å². The Morgan fingerprint density at radius 3 is 2.78 bits per heavy atom. The summed E-state index contributed by atoms with van der Waals surface area (Å²) in [6, 6.07) is 1.87. The Morgan fingerprint density at radius 1 is 1.44 bits per heavy atom. The summed E-state index contributed by atoms with van der Waals surface area (Å²) in [5.41, 5.74) is 1.19. The van der Waals surface area contributed by atoms with Gasteiger partial charge in [-0.2, -0.15) is 0 Å². The molecule has 1 heterocycles. The molecule has 0 spiro atoms. The highest BCUT2D eigenvalue weighted by Crippen LogP contribution is 2.22. The van der Waals surface area contributed by atoms with E-state index in [9.17, 15) is 4.79 Å². The zero-order chi connectivity index (χ0) is 13.5. The molecule has 18 heavy (non-hydrogen) atoms. The van der Waals surface area contributed by atoms with E-state index in [0.29, 0.717) is 5.02 Å². The molecule has 1 aromatic heterocycles. The summed E-state index contributed by atoms with van der Waals surface area (Å²) in [5, 5.41) is 0.430. The van der Waals surface area contributed by atoms with Crippen LogP contribution in [0.25, 0.3) is 0 Å². The molecule has 0 aliphatic carbocycles. The quantitative estimate of drug-likeness (QED) is 0.578. The van der Waals surface area contributed by atoms with Gasteiger partial charge in [0.25, 0.3) is 0 Å². The average Bonchev–Trinajstić information content (AvgIpc) is 2.30. The Kier molecular flexibility index (Phi) is 6.13. The first-order valence-corrected chi connectivity index (χ1v) is 6.78. The molecule has 0 aliphatic rings. The monoisotopic (exact) mass is 269 g/mol. The fourth-order valence-electron chi connectivity index (χ4n) is 1.65. The van der Waals surface area contributed by atoms with E-state index in [1.54, 1.807) is 20.0 Å². The molecule has 4 heteroatoms. The number of carbonyl (C=O) groups excluding carboxylic acids is 1. The molecule has 0 unspecified atom stereocenters. The number of hydrogen-bond donors (Lipinski definition) is 0. The first kappa shape index (κ1) is 15.0. The summed E-state index contributed by atoms with van der Waals surface area (Å²) in [7, 11) is 0. The summed E-state index contributed by atoms with van der Waals surface area (Å²) in [6.45, 7) is 5.76. The molecule has 0 saturated heterocycles. The molecular weight excluding hydrogens is 250 g/mol. The first-order chi connectivity index (χ1) is 8.56. The Morgan fingerprint density at radius 2 is 2.17 bits per heavy atom. The lowest BCUT2D eigenvalue weighted by molar-refractivity contribution is 0.0371. The van der Waals surface area contributed by atoms with Gasteiger partial charge in [-0.1, -0.05) is 31.4 Å². The van der Waals surface area contributed by atoms with Gasteiger partial charge in [0.2, 0.25) is 0 Å². The van der Waals surface area contributed by atoms with Crippen molar-refractivity contribution in [1.82, 2.24) is 4.98 Å². The largest absolute Gasteiger partial charge is 0.458 e. The number of pyridine rings is 1. The second kappa shape index (κ2) is 7.37. The van der Waals surface area contributed by atoms with E-state index in [0.717, 1.165) is 31.2 Å². The molecule has 0 bridgehead atoms. The van der Waals surface area contributed by atoms with Crippen LogP contribution in [0.4, 0.5) is 0 Å². The minimum atomic E-state index is -0.452. The minimum absolute atomic E-state index is 0.167. The minimum Gasteiger partial charge on any atom is -0.458 e. The van der Waals surface area contributed by atoms with Crippen LogP contribution in [0.3, 0.4) is 0 Å². The fraction of sp³-hybridized carbons (Fsp3) is 0.571. The van der Waals surface area contributed by atoms with Crippen LogP contribution in [0.2, 0.25) is 5.02 Å². The number of hydrogen-bond acceptors (Lipinski definition) is 3. The highest BCUT2D eigenvalue weighted by molar-refractivity contribution is 6.34. The molecule has 0 atom stereocenters. The summed E-state index contributed by atoms with van der Waals surface area (Å²) < 4.78 is 5.11. The molecule has 0 radical (unpaired) electrons. The number of esters is 1. The smallest absolute Gasteiger partial charge is 0.358 e. The van der Waals surface area contributed by atoms with Crippen molar-refractivity contribution < 1.29 is 9.53 Å². The lowest BCUT2D eigenvalue weighted by Gasteiger charge is -2.10. The molecule has 0 N–H and O–H groups in total. The number of halogens is 1. The van der Waals surface area contributed by atoms with Crippen molar-refractivity contribution >= 4 is 17.6 Å². The van der Waals surface area contributed by atoms with Crippen LogP contribution >= 0.6 is 11.6 Å². The van der Waals surface area contributed by atoms with Gasteiger partial charge in [-0.3, -0.25) is 0 Å². The predicted molar refractivity (Wildman–Crippen MR) is 73.0 cm³/mol. The number of carbonyl (C=O) groups is 1. The van der Waals surface area contributed by atoms with E-state index in [2.05, 4.69) is 11.9 Å². The third-order valence-electron chi connectivity index (χ3n) is 2.55. The molecule has 0 aromatic carbocycles. The molecule has 0 fully saturated rings. The molecule has 1 rings (SSSR count). The van der Waals surface area contributed by atoms with Crippen LogP contribution in [0.5, 0.6) is 0 Å². The van der Waals surface area contributed by atoms with Gasteiger partial charge in [0.05, 0.1) is 11.1 Å². The number of nitrogens with zero attached hydrogens (tertiary/aromatic N) is 1. The van der Waals surface area contributed by atoms with Crippen LogP contribution in [0.1, 0.15) is 56.1 Å². The van der Waals surface area contributed by atoms with Gasteiger partial charge < -0.3 is 4.74 Å². The van der Waals surface area contributed by atoms with Gasteiger partial charge >= 0.3 is 5.97 Å². The van der Waals surface area contributed by atoms with Crippen molar-refractivity contribution in [1.29, 1.82) is 0 Å². The van der Waals surface area contributed by atoms with Crippen molar-refractivity contribution in [3.05, 3.63) is 28.5 Å². The van der Waals surface area contributed by atoms with E-state index < -0.39 is 5.97 Å². The highest BCUT2D eigenvalue weighted by atomic mass is 35.5. The van der Waals surface area contributed by atoms with E-state index in [4.69, 9.17) is 16.3 Å². The van der Waals surface area contributed by atoms with E-state index >= 15 is 0 Å². The van der Waals surface area contributed by atoms with Crippen molar-refractivity contribution in [3.63, 3.8) is 0 Å². The zero-order valence-electron chi connectivity index (χ0n) is 11.2. The van der Waals surface area contributed by atoms with Crippen molar-refractivity contribution in [2.75, 3.05) is 0 Å². The molecule has 3 nitrogen and oxygen atoms in total. The van der Waals surface area contributed by atoms with Crippen molar-refractivity contribution in [2.45, 2.75) is 52.6 Å². The highest BCUT2D eigenvalue weighted by Gasteiger charge is 2.17. The lowest BCUT2D eigenvalue weighted by atomic mass is 10.1. The van der Waals surface area contributed by atoms with Crippen LogP contribution < -0.4 is 0 Å². The summed E-state index contributed by atoms with van der Waals surface area (Å²) in [4.78, 5) is 15.8. The van der Waals surface area contributed by atoms with Crippen molar-refractivity contribution in [2.24, 2.45) is 0 Å². The van der Waals surface area contributed by atoms with E-state index in [-0.39, 0.29) is 11.8 Å². The Hall–Kier alpha value is -1.09. The maximum atomic E-state index is 11.8. The first-order valence-electron chi connectivity index (χ1n) is 6.40. The molecular formula is C14H20ClNO2. The third-order valence-corrected chi connectivity index (χ3v) is 2.98. The Labute approximate surface area is 114 Å². The predicted octanol–water partition coefficient (Wildman–Crippen LogP) is 4.03. The maximum Gasteiger partial charge on any atom is 0.358 e. The maximum absolute atomic E-state index is 11.8.